The maximum atomic E-state index is 13.3. The average molecular weight is 548 g/mol. The van der Waals surface area contributed by atoms with Crippen LogP contribution in [0.3, 0.4) is 0 Å². The summed E-state index contributed by atoms with van der Waals surface area (Å²) in [6.07, 6.45) is 0.420. The van der Waals surface area contributed by atoms with Crippen LogP contribution in [0.4, 0.5) is 5.82 Å². The third kappa shape index (κ3) is 6.11. The van der Waals surface area contributed by atoms with Crippen molar-refractivity contribution in [3.05, 3.63) is 106 Å². The number of nitrogens with zero attached hydrogens (tertiary/aromatic N) is 3. The van der Waals surface area contributed by atoms with Gasteiger partial charge in [0.1, 0.15) is 17.5 Å². The average Bonchev–Trinajstić information content (AvgIpc) is 3.27. The lowest BCUT2D eigenvalue weighted by Gasteiger charge is -2.11. The van der Waals surface area contributed by atoms with Crippen molar-refractivity contribution in [1.82, 2.24) is 14.5 Å². The number of hydrogen-bond donors (Lipinski definition) is 2. The maximum Gasteiger partial charge on any atom is 0.240 e. The fourth-order valence-corrected chi connectivity index (χ4v) is 4.96. The predicted molar refractivity (Wildman–Crippen MR) is 147 cm³/mol. The molecular formula is C28H26ClN5O3S. The third-order valence-electron chi connectivity index (χ3n) is 5.87. The summed E-state index contributed by atoms with van der Waals surface area (Å²) in [5.41, 5.74) is 3.13. The standard InChI is InChI=1S/C28H26ClN5O3S/c1-19-4-8-21(9-5-19)27(35)26-25(18-30)28(34(33-26)23-12-10-22(29)11-13-23)31-16-3-17-32-38(36,37)24-14-6-20(2)7-15-24/h4-15,31-32H,3,16-17H2,1-2H3. The number of nitrogens with one attached hydrogen (secondary N) is 2. The predicted octanol–water partition coefficient (Wildman–Crippen LogP) is 5.03. The van der Waals surface area contributed by atoms with Gasteiger partial charge in [-0.25, -0.2) is 17.8 Å². The Balaban J connectivity index is 1.55. The summed E-state index contributed by atoms with van der Waals surface area (Å²) in [7, 11) is -3.64. The summed E-state index contributed by atoms with van der Waals surface area (Å²) in [6, 6.07) is 22.6. The highest BCUT2D eigenvalue weighted by Gasteiger charge is 2.25. The van der Waals surface area contributed by atoms with Gasteiger partial charge in [0.25, 0.3) is 0 Å². The van der Waals surface area contributed by atoms with Crippen LogP contribution >= 0.6 is 11.6 Å². The van der Waals surface area contributed by atoms with E-state index in [0.717, 1.165) is 11.1 Å². The second-order valence-electron chi connectivity index (χ2n) is 8.76. The van der Waals surface area contributed by atoms with Gasteiger partial charge in [0.15, 0.2) is 5.69 Å². The lowest BCUT2D eigenvalue weighted by Crippen LogP contribution is -2.26. The largest absolute Gasteiger partial charge is 0.369 e. The molecule has 0 bridgehead atoms. The molecule has 0 aliphatic rings. The first-order valence-electron chi connectivity index (χ1n) is 11.9. The molecule has 4 rings (SSSR count). The zero-order valence-electron chi connectivity index (χ0n) is 20.9. The Morgan fingerprint density at radius 1 is 0.947 bits per heavy atom. The number of ketones is 1. The number of sulfonamides is 1. The van der Waals surface area contributed by atoms with Gasteiger partial charge in [-0.05, 0) is 56.7 Å². The molecular weight excluding hydrogens is 522 g/mol. The SMILES string of the molecule is Cc1ccc(C(=O)c2nn(-c3ccc(Cl)cc3)c(NCCCNS(=O)(=O)c3ccc(C)cc3)c2C#N)cc1. The van der Waals surface area contributed by atoms with E-state index < -0.39 is 10.0 Å². The Bertz CT molecular complexity index is 1590. The van der Waals surface area contributed by atoms with Crippen molar-refractivity contribution in [3.8, 4) is 11.8 Å². The summed E-state index contributed by atoms with van der Waals surface area (Å²) in [4.78, 5) is 13.5. The Morgan fingerprint density at radius 3 is 2.16 bits per heavy atom. The maximum absolute atomic E-state index is 13.3. The molecule has 0 saturated heterocycles. The fourth-order valence-electron chi connectivity index (χ4n) is 3.76. The molecule has 2 N–H and O–H groups in total. The summed E-state index contributed by atoms with van der Waals surface area (Å²) >= 11 is 6.05. The highest BCUT2D eigenvalue weighted by molar-refractivity contribution is 7.89. The lowest BCUT2D eigenvalue weighted by atomic mass is 10.0. The molecule has 10 heteroatoms. The van der Waals surface area contributed by atoms with E-state index in [1.165, 1.54) is 4.68 Å². The minimum absolute atomic E-state index is 0.0221. The first kappa shape index (κ1) is 27.1. The number of halogens is 1. The molecule has 1 aromatic heterocycles. The summed E-state index contributed by atoms with van der Waals surface area (Å²) in [5, 5.41) is 18.2. The van der Waals surface area contributed by atoms with Gasteiger partial charge in [-0.15, -0.1) is 0 Å². The molecule has 8 nitrogen and oxygen atoms in total. The Morgan fingerprint density at radius 2 is 1.55 bits per heavy atom. The number of anilines is 1. The minimum atomic E-state index is -3.64. The van der Waals surface area contributed by atoms with Crippen LogP contribution in [0.5, 0.6) is 0 Å². The molecule has 0 aliphatic carbocycles. The number of carbonyl (C=O) groups is 1. The van der Waals surface area contributed by atoms with Crippen LogP contribution in [0, 0.1) is 25.2 Å². The Labute approximate surface area is 226 Å². The second kappa shape index (κ2) is 11.6. The van der Waals surface area contributed by atoms with Crippen LogP contribution in [0.25, 0.3) is 5.69 Å². The van der Waals surface area contributed by atoms with E-state index in [-0.39, 0.29) is 28.5 Å². The number of aromatic nitrogens is 2. The van der Waals surface area contributed by atoms with E-state index in [0.29, 0.717) is 35.1 Å². The molecule has 1 heterocycles. The van der Waals surface area contributed by atoms with Crippen molar-refractivity contribution in [2.24, 2.45) is 0 Å². The number of carbonyl (C=O) groups excluding carboxylic acids is 1. The molecule has 0 atom stereocenters. The minimum Gasteiger partial charge on any atom is -0.369 e. The molecule has 38 heavy (non-hydrogen) atoms. The molecule has 0 spiro atoms. The number of hydrogen-bond acceptors (Lipinski definition) is 6. The third-order valence-corrected chi connectivity index (χ3v) is 7.60. The van der Waals surface area contributed by atoms with E-state index in [9.17, 15) is 18.5 Å². The van der Waals surface area contributed by atoms with Crippen molar-refractivity contribution < 1.29 is 13.2 Å². The van der Waals surface area contributed by atoms with Gasteiger partial charge in [0.05, 0.1) is 10.6 Å². The van der Waals surface area contributed by atoms with E-state index >= 15 is 0 Å². The quantitative estimate of drug-likeness (QED) is 0.212. The van der Waals surface area contributed by atoms with Crippen molar-refractivity contribution in [3.63, 3.8) is 0 Å². The van der Waals surface area contributed by atoms with Crippen molar-refractivity contribution >= 4 is 33.2 Å². The summed E-state index contributed by atoms with van der Waals surface area (Å²) < 4.78 is 29.2. The van der Waals surface area contributed by atoms with Crippen molar-refractivity contribution in [2.45, 2.75) is 25.2 Å². The molecule has 0 unspecified atom stereocenters. The summed E-state index contributed by atoms with van der Waals surface area (Å²) in [6.45, 7) is 4.31. The molecule has 0 radical (unpaired) electrons. The monoisotopic (exact) mass is 547 g/mol. The molecule has 4 aromatic rings. The van der Waals surface area contributed by atoms with Gasteiger partial charge in [-0.1, -0.05) is 59.1 Å². The first-order valence-corrected chi connectivity index (χ1v) is 13.8. The van der Waals surface area contributed by atoms with Crippen LogP contribution in [-0.2, 0) is 10.0 Å². The first-order chi connectivity index (χ1) is 18.2. The zero-order valence-corrected chi connectivity index (χ0v) is 22.5. The highest BCUT2D eigenvalue weighted by Crippen LogP contribution is 2.26. The molecule has 0 saturated carbocycles. The van der Waals surface area contributed by atoms with Gasteiger partial charge in [0.2, 0.25) is 15.8 Å². The highest BCUT2D eigenvalue weighted by atomic mass is 35.5. The van der Waals surface area contributed by atoms with Crippen LogP contribution in [0.15, 0.2) is 77.7 Å². The van der Waals surface area contributed by atoms with E-state index in [1.807, 2.05) is 26.0 Å². The van der Waals surface area contributed by atoms with Crippen LogP contribution in [0.1, 0.15) is 39.2 Å². The number of benzene rings is 3. The fraction of sp³-hybridized carbons (Fsp3) is 0.179. The molecule has 3 aromatic carbocycles. The molecule has 0 amide bonds. The second-order valence-corrected chi connectivity index (χ2v) is 11.0. The van der Waals surface area contributed by atoms with Crippen LogP contribution in [0.2, 0.25) is 5.02 Å². The number of rotatable bonds is 10. The Kier molecular flexibility index (Phi) is 8.27. The van der Waals surface area contributed by atoms with Crippen LogP contribution in [-0.4, -0.2) is 37.1 Å². The van der Waals surface area contributed by atoms with Crippen LogP contribution < -0.4 is 10.0 Å². The summed E-state index contributed by atoms with van der Waals surface area (Å²) in [5.74, 6) is -0.0325. The van der Waals surface area contributed by atoms with Gasteiger partial charge >= 0.3 is 0 Å². The lowest BCUT2D eigenvalue weighted by molar-refractivity contribution is 0.103. The molecule has 194 valence electrons. The number of aryl methyl sites for hydroxylation is 2. The van der Waals surface area contributed by atoms with Gasteiger partial charge in [-0.3, -0.25) is 4.79 Å². The smallest absolute Gasteiger partial charge is 0.240 e. The van der Waals surface area contributed by atoms with E-state index in [4.69, 9.17) is 11.6 Å². The van der Waals surface area contributed by atoms with E-state index in [2.05, 4.69) is 21.2 Å². The van der Waals surface area contributed by atoms with Crippen molar-refractivity contribution in [2.75, 3.05) is 18.4 Å². The normalized spacial score (nSPS) is 11.2. The van der Waals surface area contributed by atoms with E-state index in [1.54, 1.807) is 60.7 Å². The number of nitriles is 1. The topological polar surface area (TPSA) is 117 Å². The molecule has 0 aliphatic heterocycles. The van der Waals surface area contributed by atoms with Crippen molar-refractivity contribution in [1.29, 1.82) is 5.26 Å². The van der Waals surface area contributed by atoms with Gasteiger partial charge < -0.3 is 5.32 Å². The van der Waals surface area contributed by atoms with Gasteiger partial charge in [-0.2, -0.15) is 10.4 Å². The Hall–Kier alpha value is -3.97. The molecule has 0 fully saturated rings. The van der Waals surface area contributed by atoms with Gasteiger partial charge in [0, 0.05) is 23.7 Å². The zero-order chi connectivity index (χ0) is 27.3.